The Kier molecular flexibility index (Phi) is 8.37. The lowest BCUT2D eigenvalue weighted by Gasteiger charge is -2.11. The van der Waals surface area contributed by atoms with E-state index < -0.39 is 0 Å². The molecule has 0 amide bonds. The van der Waals surface area contributed by atoms with E-state index in [0.717, 1.165) is 12.0 Å². The number of phenolic OH excluding ortho intramolecular Hbond substituents is 1. The van der Waals surface area contributed by atoms with Crippen LogP contribution in [0, 0.1) is 0 Å². The predicted molar refractivity (Wildman–Crippen MR) is 108 cm³/mol. The highest BCUT2D eigenvalue weighted by atomic mass is 16.5. The van der Waals surface area contributed by atoms with Crippen LogP contribution in [0.2, 0.25) is 0 Å². The fourth-order valence-electron chi connectivity index (χ4n) is 2.50. The van der Waals surface area contributed by atoms with E-state index in [4.69, 9.17) is 18.9 Å². The first-order valence-corrected chi connectivity index (χ1v) is 9.07. The molecule has 0 fully saturated rings. The highest BCUT2D eigenvalue weighted by molar-refractivity contribution is 6.08. The van der Waals surface area contributed by atoms with Gasteiger partial charge in [0.2, 0.25) is 0 Å². The van der Waals surface area contributed by atoms with Gasteiger partial charge in [-0.1, -0.05) is 12.1 Å². The minimum atomic E-state index is -0.310. The number of carbonyl (C=O) groups is 1. The van der Waals surface area contributed by atoms with Gasteiger partial charge in [-0.3, -0.25) is 4.79 Å². The van der Waals surface area contributed by atoms with Crippen molar-refractivity contribution in [2.24, 2.45) is 0 Å². The van der Waals surface area contributed by atoms with Gasteiger partial charge in [-0.15, -0.1) is 0 Å². The maximum Gasteiger partial charge on any atom is 0.189 e. The summed E-state index contributed by atoms with van der Waals surface area (Å²) in [4.78, 5) is 12.3. The van der Waals surface area contributed by atoms with Crippen LogP contribution in [0.5, 0.6) is 23.0 Å². The summed E-state index contributed by atoms with van der Waals surface area (Å²) in [5.74, 6) is 1.27. The Morgan fingerprint density at radius 3 is 2.54 bits per heavy atom. The fourth-order valence-corrected chi connectivity index (χ4v) is 2.50. The summed E-state index contributed by atoms with van der Waals surface area (Å²) in [5, 5.41) is 9.96. The number of allylic oxidation sites excluding steroid dienone is 1. The van der Waals surface area contributed by atoms with Crippen LogP contribution in [-0.2, 0) is 4.74 Å². The van der Waals surface area contributed by atoms with Crippen LogP contribution in [0.15, 0.2) is 42.5 Å². The maximum atomic E-state index is 12.3. The quantitative estimate of drug-likeness (QED) is 0.356. The highest BCUT2D eigenvalue weighted by Gasteiger charge is 2.10. The summed E-state index contributed by atoms with van der Waals surface area (Å²) in [6.45, 7) is 3.83. The van der Waals surface area contributed by atoms with Crippen LogP contribution in [0.1, 0.15) is 29.3 Å². The van der Waals surface area contributed by atoms with Crippen LogP contribution in [0.25, 0.3) is 6.08 Å². The van der Waals surface area contributed by atoms with Crippen LogP contribution in [-0.4, -0.2) is 44.9 Å². The lowest BCUT2D eigenvalue weighted by atomic mass is 10.1. The molecule has 0 atom stereocenters. The molecule has 1 N–H and O–H groups in total. The van der Waals surface area contributed by atoms with Crippen molar-refractivity contribution in [3.05, 3.63) is 53.6 Å². The molecule has 2 rings (SSSR count). The number of ketones is 1. The number of benzene rings is 2. The van der Waals surface area contributed by atoms with Gasteiger partial charge in [-0.05, 0) is 42.8 Å². The van der Waals surface area contributed by atoms with Gasteiger partial charge in [0, 0.05) is 25.7 Å². The van der Waals surface area contributed by atoms with Crippen molar-refractivity contribution in [3.8, 4) is 23.0 Å². The average Bonchev–Trinajstić information content (AvgIpc) is 2.72. The largest absolute Gasteiger partial charge is 0.507 e. The van der Waals surface area contributed by atoms with E-state index in [9.17, 15) is 9.90 Å². The smallest absolute Gasteiger partial charge is 0.189 e. The standard InChI is InChI=1S/C22H26O6/c1-4-27-12-5-13-28-21-11-7-16(14-22(21)26-3)6-10-19(23)18-9-8-17(25-2)15-20(18)24/h6-11,14-15,24H,4-5,12-13H2,1-3H3/b10-6+. The van der Waals surface area contributed by atoms with Crippen molar-refractivity contribution in [2.75, 3.05) is 34.0 Å². The molecule has 2 aromatic rings. The second-order valence-corrected chi connectivity index (χ2v) is 5.89. The number of hydrogen-bond donors (Lipinski definition) is 1. The summed E-state index contributed by atoms with van der Waals surface area (Å²) in [7, 11) is 3.06. The zero-order valence-electron chi connectivity index (χ0n) is 16.4. The summed E-state index contributed by atoms with van der Waals surface area (Å²) >= 11 is 0. The molecule has 0 aliphatic rings. The number of rotatable bonds is 11. The summed E-state index contributed by atoms with van der Waals surface area (Å²) < 4.78 is 21.4. The van der Waals surface area contributed by atoms with Gasteiger partial charge in [-0.2, -0.15) is 0 Å². The Hall–Kier alpha value is -2.99. The second-order valence-electron chi connectivity index (χ2n) is 5.89. The predicted octanol–water partition coefficient (Wildman–Crippen LogP) is 4.11. The van der Waals surface area contributed by atoms with Gasteiger partial charge in [-0.25, -0.2) is 0 Å². The van der Waals surface area contributed by atoms with E-state index in [-0.39, 0.29) is 17.1 Å². The average molecular weight is 386 g/mol. The highest BCUT2D eigenvalue weighted by Crippen LogP contribution is 2.29. The van der Waals surface area contributed by atoms with Crippen LogP contribution >= 0.6 is 0 Å². The first kappa shape index (κ1) is 21.3. The van der Waals surface area contributed by atoms with Crippen molar-refractivity contribution < 1.29 is 28.8 Å². The van der Waals surface area contributed by atoms with Crippen molar-refractivity contribution >= 4 is 11.9 Å². The Balaban J connectivity index is 2.04. The molecule has 6 heteroatoms. The van der Waals surface area contributed by atoms with E-state index >= 15 is 0 Å². The molecule has 0 aliphatic heterocycles. The van der Waals surface area contributed by atoms with E-state index in [2.05, 4.69) is 0 Å². The van der Waals surface area contributed by atoms with Gasteiger partial charge < -0.3 is 24.1 Å². The Bertz CT molecular complexity index is 813. The van der Waals surface area contributed by atoms with Crippen LogP contribution < -0.4 is 14.2 Å². The first-order valence-electron chi connectivity index (χ1n) is 9.07. The number of hydrogen-bond acceptors (Lipinski definition) is 6. The van der Waals surface area contributed by atoms with Crippen molar-refractivity contribution in [3.63, 3.8) is 0 Å². The minimum absolute atomic E-state index is 0.123. The zero-order valence-corrected chi connectivity index (χ0v) is 16.4. The molecular formula is C22H26O6. The lowest BCUT2D eigenvalue weighted by molar-refractivity contribution is 0.104. The van der Waals surface area contributed by atoms with E-state index in [1.165, 1.54) is 25.3 Å². The SMILES string of the molecule is CCOCCCOc1ccc(/C=C/C(=O)c2ccc(OC)cc2O)cc1OC. The third-order valence-corrected chi connectivity index (χ3v) is 3.98. The van der Waals surface area contributed by atoms with Gasteiger partial charge in [0.15, 0.2) is 17.3 Å². The molecule has 0 radical (unpaired) electrons. The molecule has 0 spiro atoms. The molecule has 150 valence electrons. The molecule has 0 unspecified atom stereocenters. The molecule has 28 heavy (non-hydrogen) atoms. The number of aromatic hydroxyl groups is 1. The molecule has 0 saturated heterocycles. The van der Waals surface area contributed by atoms with Crippen molar-refractivity contribution in [1.29, 1.82) is 0 Å². The molecule has 0 bridgehead atoms. The molecule has 2 aromatic carbocycles. The Labute approximate surface area is 165 Å². The van der Waals surface area contributed by atoms with Gasteiger partial charge in [0.05, 0.1) is 26.4 Å². The lowest BCUT2D eigenvalue weighted by Crippen LogP contribution is -2.03. The van der Waals surface area contributed by atoms with E-state index in [0.29, 0.717) is 37.1 Å². The van der Waals surface area contributed by atoms with E-state index in [1.807, 2.05) is 13.0 Å². The number of phenols is 1. The monoisotopic (exact) mass is 386 g/mol. The maximum absolute atomic E-state index is 12.3. The van der Waals surface area contributed by atoms with Gasteiger partial charge in [0.1, 0.15) is 11.5 Å². The number of ether oxygens (including phenoxy) is 4. The third-order valence-electron chi connectivity index (χ3n) is 3.98. The molecular weight excluding hydrogens is 360 g/mol. The van der Waals surface area contributed by atoms with Crippen LogP contribution in [0.4, 0.5) is 0 Å². The first-order chi connectivity index (χ1) is 13.6. The van der Waals surface area contributed by atoms with Crippen molar-refractivity contribution in [1.82, 2.24) is 0 Å². The summed E-state index contributed by atoms with van der Waals surface area (Å²) in [6.07, 6.45) is 3.85. The second kappa shape index (κ2) is 11.0. The number of carbonyl (C=O) groups excluding carboxylic acids is 1. The molecule has 0 saturated carbocycles. The minimum Gasteiger partial charge on any atom is -0.507 e. The van der Waals surface area contributed by atoms with Gasteiger partial charge >= 0.3 is 0 Å². The third kappa shape index (κ3) is 6.03. The summed E-state index contributed by atoms with van der Waals surface area (Å²) in [6, 6.07) is 9.98. The van der Waals surface area contributed by atoms with E-state index in [1.54, 1.807) is 31.4 Å². The van der Waals surface area contributed by atoms with Crippen molar-refractivity contribution in [2.45, 2.75) is 13.3 Å². The molecule has 6 nitrogen and oxygen atoms in total. The Morgan fingerprint density at radius 2 is 1.86 bits per heavy atom. The Morgan fingerprint density at radius 1 is 1.04 bits per heavy atom. The number of methoxy groups -OCH3 is 2. The normalized spacial score (nSPS) is 10.8. The topological polar surface area (TPSA) is 74.2 Å². The van der Waals surface area contributed by atoms with Gasteiger partial charge in [0.25, 0.3) is 0 Å². The summed E-state index contributed by atoms with van der Waals surface area (Å²) in [5.41, 5.74) is 0.984. The van der Waals surface area contributed by atoms with Crippen LogP contribution in [0.3, 0.4) is 0 Å². The fraction of sp³-hybridized carbons (Fsp3) is 0.318. The molecule has 0 aliphatic carbocycles. The molecule has 0 heterocycles. The molecule has 0 aromatic heterocycles. The zero-order chi connectivity index (χ0) is 20.4.